The molecule has 0 bridgehead atoms. The molecular weight excluding hydrogens is 254 g/mol. The number of carbonyl (C=O) groups is 1. The number of aromatic nitrogens is 1. The first-order chi connectivity index (χ1) is 8.74. The van der Waals surface area contributed by atoms with Gasteiger partial charge >= 0.3 is 5.97 Å². The molecule has 0 aliphatic heterocycles. The molecule has 90 valence electrons. The number of hydrogen-bond acceptors (Lipinski definition) is 5. The number of carboxylic acids is 1. The maximum Gasteiger partial charge on any atom is 0.338 e. The van der Waals surface area contributed by atoms with E-state index < -0.39 is 5.97 Å². The van der Waals surface area contributed by atoms with Gasteiger partial charge in [0.15, 0.2) is 16.5 Å². The minimum absolute atomic E-state index is 0.109. The summed E-state index contributed by atoms with van der Waals surface area (Å²) in [5, 5.41) is 11.3. The number of furan rings is 2. The maximum atomic E-state index is 10.7. The lowest BCUT2D eigenvalue weighted by Crippen LogP contribution is -1.91. The van der Waals surface area contributed by atoms with Gasteiger partial charge in [-0.05, 0) is 12.1 Å². The third-order valence-electron chi connectivity index (χ3n) is 2.34. The Hall–Kier alpha value is -2.34. The highest BCUT2D eigenvalue weighted by atomic mass is 32.1. The number of hydrogen-bond donors (Lipinski definition) is 1. The second kappa shape index (κ2) is 4.15. The van der Waals surface area contributed by atoms with Crippen LogP contribution in [0.25, 0.3) is 22.2 Å². The van der Waals surface area contributed by atoms with E-state index in [0.29, 0.717) is 17.2 Å². The quantitative estimate of drug-likeness (QED) is 0.782. The molecular formula is C12H7NO4S. The molecule has 18 heavy (non-hydrogen) atoms. The fraction of sp³-hybridized carbons (Fsp3) is 0. The van der Waals surface area contributed by atoms with Gasteiger partial charge in [-0.1, -0.05) is 0 Å². The molecule has 0 aromatic carbocycles. The zero-order valence-electron chi connectivity index (χ0n) is 8.99. The third-order valence-corrected chi connectivity index (χ3v) is 3.19. The second-order valence-electron chi connectivity index (χ2n) is 3.52. The standard InChI is InChI=1S/C12H7NO4S/c14-12(15)7-4-10(17-5-7)8-6-18-11(13-8)9-2-1-3-16-9/h1-6H,(H,14,15). The van der Waals surface area contributed by atoms with Crippen LogP contribution in [-0.4, -0.2) is 16.1 Å². The highest BCUT2D eigenvalue weighted by Crippen LogP contribution is 2.29. The van der Waals surface area contributed by atoms with Crippen molar-refractivity contribution in [1.29, 1.82) is 0 Å². The Morgan fingerprint density at radius 2 is 2.22 bits per heavy atom. The Morgan fingerprint density at radius 3 is 2.89 bits per heavy atom. The molecule has 0 aliphatic carbocycles. The first-order valence-electron chi connectivity index (χ1n) is 5.05. The van der Waals surface area contributed by atoms with Crippen molar-refractivity contribution in [3.63, 3.8) is 0 Å². The maximum absolute atomic E-state index is 10.7. The molecule has 1 N–H and O–H groups in total. The summed E-state index contributed by atoms with van der Waals surface area (Å²) in [5.41, 5.74) is 0.705. The van der Waals surface area contributed by atoms with Gasteiger partial charge in [0.25, 0.3) is 0 Å². The molecule has 0 aliphatic rings. The van der Waals surface area contributed by atoms with E-state index >= 15 is 0 Å². The first-order valence-corrected chi connectivity index (χ1v) is 5.93. The summed E-state index contributed by atoms with van der Waals surface area (Å²) in [6.45, 7) is 0. The van der Waals surface area contributed by atoms with Crippen LogP contribution in [0.4, 0.5) is 0 Å². The molecule has 3 heterocycles. The number of thiazole rings is 1. The van der Waals surface area contributed by atoms with Gasteiger partial charge in [-0.25, -0.2) is 9.78 Å². The van der Waals surface area contributed by atoms with Crippen molar-refractivity contribution < 1.29 is 18.7 Å². The van der Waals surface area contributed by atoms with E-state index in [0.717, 1.165) is 5.01 Å². The zero-order chi connectivity index (χ0) is 12.5. The second-order valence-corrected chi connectivity index (χ2v) is 4.38. The predicted molar refractivity (Wildman–Crippen MR) is 64.5 cm³/mol. The van der Waals surface area contributed by atoms with Gasteiger partial charge in [0.1, 0.15) is 12.0 Å². The van der Waals surface area contributed by atoms with Crippen LogP contribution in [0.1, 0.15) is 10.4 Å². The fourth-order valence-electron chi connectivity index (χ4n) is 1.48. The monoisotopic (exact) mass is 261 g/mol. The molecule has 0 radical (unpaired) electrons. The van der Waals surface area contributed by atoms with Gasteiger partial charge in [0.05, 0.1) is 11.8 Å². The van der Waals surface area contributed by atoms with Crippen LogP contribution < -0.4 is 0 Å². The van der Waals surface area contributed by atoms with Crippen LogP contribution in [-0.2, 0) is 0 Å². The van der Waals surface area contributed by atoms with Crippen LogP contribution in [0.2, 0.25) is 0 Å². The molecule has 5 nitrogen and oxygen atoms in total. The van der Waals surface area contributed by atoms with Crippen LogP contribution >= 0.6 is 11.3 Å². The highest BCUT2D eigenvalue weighted by Gasteiger charge is 2.14. The van der Waals surface area contributed by atoms with E-state index in [1.807, 2.05) is 6.07 Å². The Bertz CT molecular complexity index is 681. The first kappa shape index (κ1) is 10.8. The number of rotatable bonds is 3. The van der Waals surface area contributed by atoms with Gasteiger partial charge in [-0.15, -0.1) is 11.3 Å². The summed E-state index contributed by atoms with van der Waals surface area (Å²) < 4.78 is 10.4. The van der Waals surface area contributed by atoms with Crippen LogP contribution in [0, 0.1) is 0 Å². The molecule has 0 unspecified atom stereocenters. The van der Waals surface area contributed by atoms with E-state index in [4.69, 9.17) is 13.9 Å². The van der Waals surface area contributed by atoms with Crippen LogP contribution in [0.15, 0.2) is 44.9 Å². The molecule has 0 saturated carbocycles. The Morgan fingerprint density at radius 1 is 1.33 bits per heavy atom. The summed E-state index contributed by atoms with van der Waals surface area (Å²) in [5.74, 6) is 0.0872. The average Bonchev–Trinajstić information content (AvgIpc) is 3.10. The molecule has 0 amide bonds. The molecule has 0 saturated heterocycles. The van der Waals surface area contributed by atoms with Crippen molar-refractivity contribution >= 4 is 17.3 Å². The predicted octanol–water partition coefficient (Wildman–Crippen LogP) is 3.36. The Kier molecular flexibility index (Phi) is 2.49. The third kappa shape index (κ3) is 1.82. The summed E-state index contributed by atoms with van der Waals surface area (Å²) in [6, 6.07) is 5.04. The Labute approximate surface area is 105 Å². The minimum Gasteiger partial charge on any atom is -0.478 e. The number of carboxylic acid groups (broad SMARTS) is 1. The van der Waals surface area contributed by atoms with Crippen molar-refractivity contribution in [2.24, 2.45) is 0 Å². The summed E-state index contributed by atoms with van der Waals surface area (Å²) in [4.78, 5) is 15.1. The highest BCUT2D eigenvalue weighted by molar-refractivity contribution is 7.13. The fourth-order valence-corrected chi connectivity index (χ4v) is 2.26. The zero-order valence-corrected chi connectivity index (χ0v) is 9.81. The van der Waals surface area contributed by atoms with Crippen LogP contribution in [0.3, 0.4) is 0 Å². The van der Waals surface area contributed by atoms with Crippen molar-refractivity contribution in [3.8, 4) is 22.2 Å². The molecule has 6 heteroatoms. The topological polar surface area (TPSA) is 76.5 Å². The summed E-state index contributed by atoms with van der Waals surface area (Å²) in [7, 11) is 0. The van der Waals surface area contributed by atoms with E-state index in [1.165, 1.54) is 23.7 Å². The van der Waals surface area contributed by atoms with Crippen molar-refractivity contribution in [2.75, 3.05) is 0 Å². The van der Waals surface area contributed by atoms with E-state index in [9.17, 15) is 4.79 Å². The van der Waals surface area contributed by atoms with E-state index in [-0.39, 0.29) is 5.56 Å². The van der Waals surface area contributed by atoms with E-state index in [1.54, 1.807) is 17.7 Å². The molecule has 3 aromatic rings. The smallest absolute Gasteiger partial charge is 0.338 e. The molecule has 3 rings (SSSR count). The van der Waals surface area contributed by atoms with Gasteiger partial charge in [0.2, 0.25) is 0 Å². The van der Waals surface area contributed by atoms with Gasteiger partial charge in [-0.2, -0.15) is 0 Å². The number of aromatic carboxylic acids is 1. The Balaban J connectivity index is 1.95. The number of nitrogens with zero attached hydrogens (tertiary/aromatic N) is 1. The minimum atomic E-state index is -1.02. The van der Waals surface area contributed by atoms with Gasteiger partial charge in [-0.3, -0.25) is 0 Å². The SMILES string of the molecule is O=C(O)c1coc(-c2csc(-c3ccco3)n2)c1. The lowest BCUT2D eigenvalue weighted by Gasteiger charge is -1.88. The normalized spacial score (nSPS) is 10.7. The summed E-state index contributed by atoms with van der Waals surface area (Å²) in [6.07, 6.45) is 2.77. The van der Waals surface area contributed by atoms with Crippen molar-refractivity contribution in [2.45, 2.75) is 0 Å². The van der Waals surface area contributed by atoms with Crippen LogP contribution in [0.5, 0.6) is 0 Å². The molecule has 0 fully saturated rings. The van der Waals surface area contributed by atoms with E-state index in [2.05, 4.69) is 4.98 Å². The van der Waals surface area contributed by atoms with Crippen molar-refractivity contribution in [1.82, 2.24) is 4.98 Å². The average molecular weight is 261 g/mol. The summed E-state index contributed by atoms with van der Waals surface area (Å²) >= 11 is 1.41. The molecule has 3 aromatic heterocycles. The van der Waals surface area contributed by atoms with Gasteiger partial charge < -0.3 is 13.9 Å². The molecule has 0 atom stereocenters. The lowest BCUT2D eigenvalue weighted by molar-refractivity contribution is 0.0696. The van der Waals surface area contributed by atoms with Crippen molar-refractivity contribution in [3.05, 3.63) is 41.7 Å². The largest absolute Gasteiger partial charge is 0.478 e. The molecule has 0 spiro atoms. The lowest BCUT2D eigenvalue weighted by atomic mass is 10.3. The van der Waals surface area contributed by atoms with Gasteiger partial charge in [0, 0.05) is 11.4 Å².